The molecule has 94 valence electrons. The quantitative estimate of drug-likeness (QED) is 0.843. The SMILES string of the molecule is CCNCC(C(=O)C(C)C)c1ccc(Cl)cc1. The standard InChI is InChI=1S/C14H20ClNO/c1-4-16-9-13(14(17)10(2)3)11-5-7-12(15)8-6-11/h5-8,10,13,16H,4,9H2,1-3H3. The van der Waals surface area contributed by atoms with Crippen molar-refractivity contribution in [3.63, 3.8) is 0 Å². The third-order valence-corrected chi connectivity index (χ3v) is 3.04. The first-order valence-corrected chi connectivity index (χ1v) is 6.44. The van der Waals surface area contributed by atoms with Crippen LogP contribution >= 0.6 is 11.6 Å². The maximum Gasteiger partial charge on any atom is 0.144 e. The molecule has 0 fully saturated rings. The molecule has 0 bridgehead atoms. The van der Waals surface area contributed by atoms with E-state index in [9.17, 15) is 4.79 Å². The Morgan fingerprint density at radius 1 is 1.29 bits per heavy atom. The predicted octanol–water partition coefficient (Wildman–Crippen LogP) is 3.26. The van der Waals surface area contributed by atoms with Gasteiger partial charge in [0.1, 0.15) is 5.78 Å². The zero-order valence-electron chi connectivity index (χ0n) is 10.7. The molecule has 0 spiro atoms. The van der Waals surface area contributed by atoms with Crippen LogP contribution in [-0.2, 0) is 4.79 Å². The van der Waals surface area contributed by atoms with E-state index in [-0.39, 0.29) is 17.6 Å². The van der Waals surface area contributed by atoms with Gasteiger partial charge in [-0.3, -0.25) is 4.79 Å². The van der Waals surface area contributed by atoms with Crippen LogP contribution in [0.15, 0.2) is 24.3 Å². The van der Waals surface area contributed by atoms with Crippen LogP contribution in [0.1, 0.15) is 32.3 Å². The summed E-state index contributed by atoms with van der Waals surface area (Å²) in [4.78, 5) is 12.2. The largest absolute Gasteiger partial charge is 0.316 e. The first-order valence-electron chi connectivity index (χ1n) is 6.06. The van der Waals surface area contributed by atoms with Crippen molar-refractivity contribution in [3.8, 4) is 0 Å². The number of hydrogen-bond donors (Lipinski definition) is 1. The molecule has 0 aliphatic carbocycles. The third-order valence-electron chi connectivity index (χ3n) is 2.78. The van der Waals surface area contributed by atoms with E-state index in [0.29, 0.717) is 11.6 Å². The van der Waals surface area contributed by atoms with E-state index in [1.54, 1.807) is 0 Å². The highest BCUT2D eigenvalue weighted by Gasteiger charge is 2.22. The van der Waals surface area contributed by atoms with Gasteiger partial charge in [0.2, 0.25) is 0 Å². The van der Waals surface area contributed by atoms with Gasteiger partial charge in [0.15, 0.2) is 0 Å². The molecule has 2 nitrogen and oxygen atoms in total. The van der Waals surface area contributed by atoms with Crippen molar-refractivity contribution in [2.24, 2.45) is 5.92 Å². The second kappa shape index (κ2) is 6.77. The molecule has 0 aliphatic heterocycles. The van der Waals surface area contributed by atoms with Crippen molar-refractivity contribution in [2.75, 3.05) is 13.1 Å². The minimum atomic E-state index is -0.0767. The van der Waals surface area contributed by atoms with Gasteiger partial charge in [-0.2, -0.15) is 0 Å². The molecule has 3 heteroatoms. The highest BCUT2D eigenvalue weighted by Crippen LogP contribution is 2.21. The number of nitrogens with one attached hydrogen (secondary N) is 1. The predicted molar refractivity (Wildman–Crippen MR) is 72.6 cm³/mol. The first-order chi connectivity index (χ1) is 8.06. The molecular formula is C14H20ClNO. The van der Waals surface area contributed by atoms with Crippen LogP contribution in [0.5, 0.6) is 0 Å². The number of hydrogen-bond acceptors (Lipinski definition) is 2. The summed E-state index contributed by atoms with van der Waals surface area (Å²) >= 11 is 5.86. The van der Waals surface area contributed by atoms with Crippen molar-refractivity contribution < 1.29 is 4.79 Å². The van der Waals surface area contributed by atoms with E-state index in [0.717, 1.165) is 12.1 Å². The molecule has 0 saturated carbocycles. The topological polar surface area (TPSA) is 29.1 Å². The third kappa shape index (κ3) is 4.14. The Labute approximate surface area is 108 Å². The lowest BCUT2D eigenvalue weighted by atomic mass is 9.89. The van der Waals surface area contributed by atoms with Crippen LogP contribution in [0, 0.1) is 5.92 Å². The van der Waals surface area contributed by atoms with Crippen LogP contribution in [0.2, 0.25) is 5.02 Å². The molecule has 1 aromatic carbocycles. The second-order valence-electron chi connectivity index (χ2n) is 4.47. The fourth-order valence-corrected chi connectivity index (χ4v) is 1.89. The molecular weight excluding hydrogens is 234 g/mol. The number of ketones is 1. The molecule has 1 N–H and O–H groups in total. The second-order valence-corrected chi connectivity index (χ2v) is 4.91. The average Bonchev–Trinajstić information content (AvgIpc) is 2.31. The lowest BCUT2D eigenvalue weighted by Gasteiger charge is -2.18. The molecule has 0 aromatic heterocycles. The molecule has 0 aliphatic rings. The first kappa shape index (κ1) is 14.2. The summed E-state index contributed by atoms with van der Waals surface area (Å²) in [5.74, 6) is 0.245. The fraction of sp³-hybridized carbons (Fsp3) is 0.500. The zero-order chi connectivity index (χ0) is 12.8. The molecule has 1 unspecified atom stereocenters. The molecule has 1 atom stereocenters. The van der Waals surface area contributed by atoms with Gasteiger partial charge in [-0.1, -0.05) is 44.5 Å². The molecule has 1 rings (SSSR count). The normalized spacial score (nSPS) is 12.8. The summed E-state index contributed by atoms with van der Waals surface area (Å²) < 4.78 is 0. The van der Waals surface area contributed by atoms with Crippen LogP contribution in [0.3, 0.4) is 0 Å². The zero-order valence-corrected chi connectivity index (χ0v) is 11.4. The Morgan fingerprint density at radius 2 is 1.88 bits per heavy atom. The summed E-state index contributed by atoms with van der Waals surface area (Å²) in [7, 11) is 0. The minimum Gasteiger partial charge on any atom is -0.316 e. The van der Waals surface area contributed by atoms with Gasteiger partial charge in [-0.25, -0.2) is 0 Å². The van der Waals surface area contributed by atoms with Crippen molar-refractivity contribution in [1.29, 1.82) is 0 Å². The highest BCUT2D eigenvalue weighted by atomic mass is 35.5. The van der Waals surface area contributed by atoms with Crippen LogP contribution in [0.4, 0.5) is 0 Å². The molecule has 1 aromatic rings. The number of rotatable bonds is 6. The van der Waals surface area contributed by atoms with Gasteiger partial charge in [-0.05, 0) is 24.2 Å². The van der Waals surface area contributed by atoms with Crippen LogP contribution < -0.4 is 5.32 Å². The summed E-state index contributed by atoms with van der Waals surface area (Å²) in [6.45, 7) is 7.48. The number of carbonyl (C=O) groups excluding carboxylic acids is 1. The Kier molecular flexibility index (Phi) is 5.66. The van der Waals surface area contributed by atoms with Gasteiger partial charge >= 0.3 is 0 Å². The summed E-state index contributed by atoms with van der Waals surface area (Å²) in [5, 5.41) is 3.95. The number of Topliss-reactive ketones (excluding diaryl/α,β-unsaturated/α-hetero) is 1. The number of carbonyl (C=O) groups is 1. The van der Waals surface area contributed by atoms with Gasteiger partial charge in [-0.15, -0.1) is 0 Å². The Hall–Kier alpha value is -0.860. The minimum absolute atomic E-state index is 0.0503. The summed E-state index contributed by atoms with van der Waals surface area (Å²) in [5.41, 5.74) is 1.04. The highest BCUT2D eigenvalue weighted by molar-refractivity contribution is 6.30. The number of benzene rings is 1. The van der Waals surface area contributed by atoms with E-state index >= 15 is 0 Å². The van der Waals surface area contributed by atoms with Crippen LogP contribution in [-0.4, -0.2) is 18.9 Å². The van der Waals surface area contributed by atoms with Crippen molar-refractivity contribution in [2.45, 2.75) is 26.7 Å². The van der Waals surface area contributed by atoms with Gasteiger partial charge < -0.3 is 5.32 Å². The number of halogens is 1. The lowest BCUT2D eigenvalue weighted by molar-refractivity contribution is -0.123. The van der Waals surface area contributed by atoms with Crippen molar-refractivity contribution in [1.82, 2.24) is 5.32 Å². The molecule has 0 saturated heterocycles. The van der Waals surface area contributed by atoms with Crippen molar-refractivity contribution in [3.05, 3.63) is 34.9 Å². The van der Waals surface area contributed by atoms with Crippen molar-refractivity contribution >= 4 is 17.4 Å². The monoisotopic (exact) mass is 253 g/mol. The van der Waals surface area contributed by atoms with E-state index in [4.69, 9.17) is 11.6 Å². The Morgan fingerprint density at radius 3 is 2.35 bits per heavy atom. The van der Waals surface area contributed by atoms with E-state index in [1.807, 2.05) is 45.0 Å². The van der Waals surface area contributed by atoms with E-state index in [2.05, 4.69) is 5.32 Å². The molecule has 0 amide bonds. The lowest BCUT2D eigenvalue weighted by Crippen LogP contribution is -2.29. The maximum absolute atomic E-state index is 12.2. The van der Waals surface area contributed by atoms with Gasteiger partial charge in [0.25, 0.3) is 0 Å². The fourth-order valence-electron chi connectivity index (χ4n) is 1.77. The Balaban J connectivity index is 2.89. The average molecular weight is 254 g/mol. The number of likely N-dealkylation sites (N-methyl/N-ethyl adjacent to an activating group) is 1. The van der Waals surface area contributed by atoms with E-state index in [1.165, 1.54) is 0 Å². The van der Waals surface area contributed by atoms with Crippen LogP contribution in [0.25, 0.3) is 0 Å². The Bertz CT molecular complexity index is 359. The van der Waals surface area contributed by atoms with Gasteiger partial charge in [0.05, 0.1) is 5.92 Å². The smallest absolute Gasteiger partial charge is 0.144 e. The molecule has 0 radical (unpaired) electrons. The molecule has 17 heavy (non-hydrogen) atoms. The summed E-state index contributed by atoms with van der Waals surface area (Å²) in [6, 6.07) is 7.54. The molecule has 0 heterocycles. The maximum atomic E-state index is 12.2. The van der Waals surface area contributed by atoms with E-state index < -0.39 is 0 Å². The summed E-state index contributed by atoms with van der Waals surface area (Å²) in [6.07, 6.45) is 0. The van der Waals surface area contributed by atoms with Gasteiger partial charge in [0, 0.05) is 17.5 Å².